The Morgan fingerprint density at radius 1 is 1.73 bits per heavy atom. The van der Waals surface area contributed by atoms with Gasteiger partial charge in [-0.05, 0) is 11.6 Å². The predicted octanol–water partition coefficient (Wildman–Crippen LogP) is 0.585. The zero-order valence-electron chi connectivity index (χ0n) is 5.58. The molecule has 0 aliphatic rings. The molecule has 0 unspecified atom stereocenters. The molecule has 0 aromatic carbocycles. The molecule has 3 nitrogen and oxygen atoms in total. The molecule has 11 heavy (non-hydrogen) atoms. The van der Waals surface area contributed by atoms with E-state index in [9.17, 15) is 4.39 Å². The van der Waals surface area contributed by atoms with E-state index in [1.165, 1.54) is 6.20 Å². The first kappa shape index (κ1) is 7.63. The number of hydrogen-bond donors (Lipinski definition) is 1. The minimum atomic E-state index is -0.695. The van der Waals surface area contributed by atoms with E-state index >= 15 is 0 Å². The van der Waals surface area contributed by atoms with E-state index in [0.29, 0.717) is 5.56 Å². The summed E-state index contributed by atoms with van der Waals surface area (Å²) in [5.41, 5.74) is 0.115. The van der Waals surface area contributed by atoms with Gasteiger partial charge in [0.15, 0.2) is 11.5 Å². The highest BCUT2D eigenvalue weighted by Crippen LogP contribution is 2.05. The molecule has 0 aliphatic heterocycles. The molecular formula is C7H5FN2O. The summed E-state index contributed by atoms with van der Waals surface area (Å²) in [4.78, 5) is 3.47. The monoisotopic (exact) mass is 152 g/mol. The highest BCUT2D eigenvalue weighted by molar-refractivity contribution is 5.24. The van der Waals surface area contributed by atoms with Gasteiger partial charge in [0.25, 0.3) is 0 Å². The number of aliphatic hydroxyl groups is 1. The van der Waals surface area contributed by atoms with Crippen LogP contribution in [0.3, 0.4) is 0 Å². The van der Waals surface area contributed by atoms with Gasteiger partial charge in [-0.2, -0.15) is 5.26 Å². The molecule has 0 aliphatic carbocycles. The molecule has 0 atom stereocenters. The second-order valence-electron chi connectivity index (χ2n) is 1.94. The van der Waals surface area contributed by atoms with Crippen molar-refractivity contribution in [3.63, 3.8) is 0 Å². The molecule has 1 aromatic heterocycles. The minimum absolute atomic E-state index is 0.248. The van der Waals surface area contributed by atoms with Gasteiger partial charge < -0.3 is 5.11 Å². The van der Waals surface area contributed by atoms with Gasteiger partial charge >= 0.3 is 0 Å². The maximum Gasteiger partial charge on any atom is 0.176 e. The molecule has 0 spiro atoms. The van der Waals surface area contributed by atoms with Crippen LogP contribution >= 0.6 is 0 Å². The lowest BCUT2D eigenvalue weighted by Gasteiger charge is -1.95. The van der Waals surface area contributed by atoms with Crippen molar-refractivity contribution in [2.24, 2.45) is 0 Å². The summed E-state index contributed by atoms with van der Waals surface area (Å²) in [6.45, 7) is -0.268. The zero-order valence-corrected chi connectivity index (χ0v) is 5.58. The third kappa shape index (κ3) is 1.51. The van der Waals surface area contributed by atoms with Crippen molar-refractivity contribution in [2.45, 2.75) is 6.61 Å². The molecule has 0 bridgehead atoms. The SMILES string of the molecule is N#Cc1ncc(CO)cc1F. The van der Waals surface area contributed by atoms with E-state index < -0.39 is 5.82 Å². The molecule has 1 heterocycles. The Morgan fingerprint density at radius 2 is 2.45 bits per heavy atom. The second-order valence-corrected chi connectivity index (χ2v) is 1.94. The Bertz CT molecular complexity index is 306. The molecule has 0 amide bonds. The van der Waals surface area contributed by atoms with Crippen molar-refractivity contribution < 1.29 is 9.50 Å². The zero-order chi connectivity index (χ0) is 8.27. The number of aromatic nitrogens is 1. The number of pyridine rings is 1. The van der Waals surface area contributed by atoms with Gasteiger partial charge in [0, 0.05) is 6.20 Å². The summed E-state index contributed by atoms with van der Waals surface area (Å²) in [6, 6.07) is 2.67. The predicted molar refractivity (Wildman–Crippen MR) is 34.8 cm³/mol. The molecule has 1 aromatic rings. The Hall–Kier alpha value is -1.47. The van der Waals surface area contributed by atoms with Crippen LogP contribution in [0.2, 0.25) is 0 Å². The number of halogens is 1. The Labute approximate surface area is 62.7 Å². The Balaban J connectivity index is 3.12. The Morgan fingerprint density at radius 3 is 2.91 bits per heavy atom. The minimum Gasteiger partial charge on any atom is -0.392 e. The van der Waals surface area contributed by atoms with Crippen molar-refractivity contribution in [1.29, 1.82) is 5.26 Å². The number of rotatable bonds is 1. The Kier molecular flexibility index (Phi) is 2.14. The van der Waals surface area contributed by atoms with Crippen LogP contribution in [0.15, 0.2) is 12.3 Å². The first-order chi connectivity index (χ1) is 5.27. The first-order valence-electron chi connectivity index (χ1n) is 2.93. The lowest BCUT2D eigenvalue weighted by Crippen LogP contribution is -1.92. The van der Waals surface area contributed by atoms with Gasteiger partial charge in [-0.25, -0.2) is 9.37 Å². The van der Waals surface area contributed by atoms with Crippen LogP contribution < -0.4 is 0 Å². The molecule has 0 fully saturated rings. The van der Waals surface area contributed by atoms with E-state index in [-0.39, 0.29) is 12.3 Å². The highest BCUT2D eigenvalue weighted by atomic mass is 19.1. The fraction of sp³-hybridized carbons (Fsp3) is 0.143. The summed E-state index contributed by atoms with van der Waals surface area (Å²) < 4.78 is 12.6. The van der Waals surface area contributed by atoms with Crippen molar-refractivity contribution in [1.82, 2.24) is 4.98 Å². The summed E-state index contributed by atoms with van der Waals surface area (Å²) in [5, 5.41) is 16.8. The fourth-order valence-electron chi connectivity index (χ4n) is 0.646. The van der Waals surface area contributed by atoms with E-state index in [1.807, 2.05) is 0 Å². The maximum absolute atomic E-state index is 12.6. The van der Waals surface area contributed by atoms with Gasteiger partial charge in [-0.1, -0.05) is 0 Å². The van der Waals surface area contributed by atoms with Crippen molar-refractivity contribution in [3.05, 3.63) is 29.3 Å². The second kappa shape index (κ2) is 3.08. The van der Waals surface area contributed by atoms with Crippen LogP contribution in [0.1, 0.15) is 11.3 Å². The van der Waals surface area contributed by atoms with E-state index in [2.05, 4.69) is 4.98 Å². The topological polar surface area (TPSA) is 56.9 Å². The quantitative estimate of drug-likeness (QED) is 0.640. The smallest absolute Gasteiger partial charge is 0.176 e. The summed E-state index contributed by atoms with van der Waals surface area (Å²) >= 11 is 0. The lowest BCUT2D eigenvalue weighted by atomic mass is 10.2. The average molecular weight is 152 g/mol. The maximum atomic E-state index is 12.6. The van der Waals surface area contributed by atoms with E-state index in [1.54, 1.807) is 6.07 Å². The fourth-order valence-corrected chi connectivity index (χ4v) is 0.646. The van der Waals surface area contributed by atoms with Gasteiger partial charge in [0.1, 0.15) is 6.07 Å². The molecule has 56 valence electrons. The lowest BCUT2D eigenvalue weighted by molar-refractivity contribution is 0.280. The van der Waals surface area contributed by atoms with Crippen LogP contribution in [0.25, 0.3) is 0 Å². The van der Waals surface area contributed by atoms with E-state index in [4.69, 9.17) is 10.4 Å². The first-order valence-corrected chi connectivity index (χ1v) is 2.93. The standard InChI is InChI=1S/C7H5FN2O/c8-6-1-5(4-11)3-10-7(6)2-9/h1,3,11H,4H2. The van der Waals surface area contributed by atoms with E-state index in [0.717, 1.165) is 6.07 Å². The molecule has 4 heteroatoms. The molecule has 1 rings (SSSR count). The van der Waals surface area contributed by atoms with Gasteiger partial charge in [0.2, 0.25) is 0 Å². The van der Waals surface area contributed by atoms with Crippen molar-refractivity contribution >= 4 is 0 Å². The number of nitrogens with zero attached hydrogens (tertiary/aromatic N) is 2. The average Bonchev–Trinajstić information content (AvgIpc) is 2.04. The summed E-state index contributed by atoms with van der Waals surface area (Å²) in [6.07, 6.45) is 1.27. The summed E-state index contributed by atoms with van der Waals surface area (Å²) in [7, 11) is 0. The molecule has 1 N–H and O–H groups in total. The molecule has 0 saturated carbocycles. The third-order valence-electron chi connectivity index (χ3n) is 1.19. The highest BCUT2D eigenvalue weighted by Gasteiger charge is 2.02. The van der Waals surface area contributed by atoms with Crippen LogP contribution in [0.4, 0.5) is 4.39 Å². The van der Waals surface area contributed by atoms with Crippen LogP contribution in [-0.4, -0.2) is 10.1 Å². The summed E-state index contributed by atoms with van der Waals surface area (Å²) in [5.74, 6) is -0.695. The number of nitriles is 1. The van der Waals surface area contributed by atoms with Crippen molar-refractivity contribution in [3.8, 4) is 6.07 Å². The van der Waals surface area contributed by atoms with Gasteiger partial charge in [-0.15, -0.1) is 0 Å². The van der Waals surface area contributed by atoms with Crippen LogP contribution in [0.5, 0.6) is 0 Å². The number of hydrogen-bond acceptors (Lipinski definition) is 3. The van der Waals surface area contributed by atoms with Crippen molar-refractivity contribution in [2.75, 3.05) is 0 Å². The molecule has 0 radical (unpaired) electrons. The van der Waals surface area contributed by atoms with Crippen LogP contribution in [-0.2, 0) is 6.61 Å². The number of aliphatic hydroxyl groups excluding tert-OH is 1. The van der Waals surface area contributed by atoms with Gasteiger partial charge in [-0.3, -0.25) is 0 Å². The third-order valence-corrected chi connectivity index (χ3v) is 1.19. The van der Waals surface area contributed by atoms with Gasteiger partial charge in [0.05, 0.1) is 6.61 Å². The largest absolute Gasteiger partial charge is 0.392 e. The molecule has 0 saturated heterocycles. The normalized spacial score (nSPS) is 9.18. The molecular weight excluding hydrogens is 147 g/mol. The van der Waals surface area contributed by atoms with Crippen LogP contribution in [0, 0.1) is 17.1 Å².